The zero-order valence-electron chi connectivity index (χ0n) is 14.3. The zero-order valence-corrected chi connectivity index (χ0v) is 14.3. The minimum absolute atomic E-state index is 0.0415. The van der Waals surface area contributed by atoms with E-state index in [9.17, 15) is 14.0 Å². The number of terminal acetylenes is 1. The van der Waals surface area contributed by atoms with Crippen LogP contribution in [0.2, 0.25) is 0 Å². The lowest BCUT2D eigenvalue weighted by atomic mass is 10.1. The van der Waals surface area contributed by atoms with Gasteiger partial charge in [0, 0.05) is 6.08 Å². The van der Waals surface area contributed by atoms with Crippen LogP contribution in [0.25, 0.3) is 0 Å². The Bertz CT molecular complexity index is 607. The fourth-order valence-electron chi connectivity index (χ4n) is 2.72. The van der Waals surface area contributed by atoms with Crippen molar-refractivity contribution in [2.24, 2.45) is 17.3 Å². The van der Waals surface area contributed by atoms with Crippen molar-refractivity contribution in [2.45, 2.75) is 52.2 Å². The fraction of sp³-hybridized carbons (Fsp3) is 0.579. The number of rotatable bonds is 7. The molecule has 5 heteroatoms. The van der Waals surface area contributed by atoms with Gasteiger partial charge in [0.1, 0.15) is 11.9 Å². The van der Waals surface area contributed by atoms with E-state index in [1.165, 1.54) is 12.2 Å². The van der Waals surface area contributed by atoms with Gasteiger partial charge in [-0.2, -0.15) is 0 Å². The lowest BCUT2D eigenvalue weighted by Crippen LogP contribution is -2.20. The van der Waals surface area contributed by atoms with Gasteiger partial charge in [-0.25, -0.2) is 9.18 Å². The van der Waals surface area contributed by atoms with Crippen LogP contribution in [0.4, 0.5) is 4.39 Å². The summed E-state index contributed by atoms with van der Waals surface area (Å²) in [5, 5.41) is 0. The summed E-state index contributed by atoms with van der Waals surface area (Å²) in [6, 6.07) is 0. The first-order chi connectivity index (χ1) is 11.3. The van der Waals surface area contributed by atoms with Crippen molar-refractivity contribution in [1.29, 1.82) is 0 Å². The average Bonchev–Trinajstić information content (AvgIpc) is 3.40. The summed E-state index contributed by atoms with van der Waals surface area (Å²) in [6.45, 7) is 5.55. The van der Waals surface area contributed by atoms with Gasteiger partial charge in [-0.05, 0) is 36.7 Å². The van der Waals surface area contributed by atoms with Gasteiger partial charge in [-0.1, -0.05) is 32.8 Å². The summed E-state index contributed by atoms with van der Waals surface area (Å²) in [5.41, 5.74) is -0.364. The Morgan fingerprint density at radius 1 is 1.42 bits per heavy atom. The molecule has 2 saturated carbocycles. The van der Waals surface area contributed by atoms with Crippen LogP contribution in [0.5, 0.6) is 0 Å². The Labute approximate surface area is 142 Å². The highest BCUT2D eigenvalue weighted by Gasteiger charge is 2.61. The molecule has 0 aromatic rings. The molecule has 4 nitrogen and oxygen atoms in total. The van der Waals surface area contributed by atoms with Crippen LogP contribution in [0, 0.1) is 29.6 Å². The molecule has 0 heterocycles. The van der Waals surface area contributed by atoms with Crippen LogP contribution >= 0.6 is 0 Å². The maximum absolute atomic E-state index is 13.7. The molecule has 2 fully saturated rings. The topological polar surface area (TPSA) is 52.6 Å². The average molecular weight is 334 g/mol. The van der Waals surface area contributed by atoms with E-state index >= 15 is 0 Å². The van der Waals surface area contributed by atoms with E-state index in [-0.39, 0.29) is 17.4 Å². The predicted molar refractivity (Wildman–Crippen MR) is 87.2 cm³/mol. The SMILES string of the molecule is C#CC(OC(=O)C1C(/C=C/C(=O)OC2CC2)C1(C)C)/C(F)=C/CC. The fourth-order valence-corrected chi connectivity index (χ4v) is 2.72. The van der Waals surface area contributed by atoms with E-state index < -0.39 is 29.8 Å². The second kappa shape index (κ2) is 7.21. The highest BCUT2D eigenvalue weighted by molar-refractivity contribution is 5.83. The van der Waals surface area contributed by atoms with E-state index in [1.54, 1.807) is 13.0 Å². The van der Waals surface area contributed by atoms with Crippen molar-refractivity contribution in [2.75, 3.05) is 0 Å². The third-order valence-electron chi connectivity index (χ3n) is 4.45. The first kappa shape index (κ1) is 18.3. The normalized spacial score (nSPS) is 26.5. The molecule has 0 aromatic carbocycles. The first-order valence-corrected chi connectivity index (χ1v) is 8.22. The van der Waals surface area contributed by atoms with Crippen LogP contribution < -0.4 is 0 Å². The highest BCUT2D eigenvalue weighted by Crippen LogP contribution is 2.59. The van der Waals surface area contributed by atoms with Crippen LogP contribution in [-0.2, 0) is 19.1 Å². The summed E-state index contributed by atoms with van der Waals surface area (Å²) in [4.78, 5) is 23.9. The Morgan fingerprint density at radius 2 is 2.08 bits per heavy atom. The standard InChI is InChI=1S/C19H23FO4/c1-5-7-14(20)15(6-2)24-18(22)17-13(19(17,3)4)10-11-16(21)23-12-8-9-12/h2,7,10-13,15,17H,5,8-9H2,1,3-4H3/b11-10+,14-7-. The first-order valence-electron chi connectivity index (χ1n) is 8.22. The molecule has 2 rings (SSSR count). The van der Waals surface area contributed by atoms with E-state index in [1.807, 2.05) is 13.8 Å². The number of carbonyl (C=O) groups excluding carboxylic acids is 2. The van der Waals surface area contributed by atoms with Crippen LogP contribution in [-0.4, -0.2) is 24.1 Å². The molecule has 3 atom stereocenters. The number of ether oxygens (including phenoxy) is 2. The number of hydrogen-bond acceptors (Lipinski definition) is 4. The number of allylic oxidation sites excluding steroid dienone is 2. The number of halogens is 1. The molecular formula is C19H23FO4. The van der Waals surface area contributed by atoms with Crippen molar-refractivity contribution >= 4 is 11.9 Å². The largest absolute Gasteiger partial charge is 0.459 e. The van der Waals surface area contributed by atoms with Crippen molar-refractivity contribution in [3.05, 3.63) is 24.1 Å². The number of esters is 2. The molecule has 0 aliphatic heterocycles. The van der Waals surface area contributed by atoms with Gasteiger partial charge in [0.2, 0.25) is 6.10 Å². The monoisotopic (exact) mass is 334 g/mol. The molecule has 130 valence electrons. The second-order valence-electron chi connectivity index (χ2n) is 6.80. The Kier molecular flexibility index (Phi) is 5.48. The van der Waals surface area contributed by atoms with E-state index in [4.69, 9.17) is 15.9 Å². The Morgan fingerprint density at radius 3 is 2.62 bits per heavy atom. The summed E-state index contributed by atoms with van der Waals surface area (Å²) < 4.78 is 24.0. The Balaban J connectivity index is 1.94. The smallest absolute Gasteiger partial charge is 0.330 e. The molecule has 0 amide bonds. The highest BCUT2D eigenvalue weighted by atomic mass is 19.1. The number of hydrogen-bond donors (Lipinski definition) is 0. The van der Waals surface area contributed by atoms with Gasteiger partial charge in [0.05, 0.1) is 5.92 Å². The lowest BCUT2D eigenvalue weighted by molar-refractivity contribution is -0.148. The zero-order chi connectivity index (χ0) is 17.9. The van der Waals surface area contributed by atoms with Gasteiger partial charge in [-0.15, -0.1) is 6.42 Å². The molecule has 2 aliphatic rings. The molecule has 0 aromatic heterocycles. The van der Waals surface area contributed by atoms with E-state index in [0.717, 1.165) is 12.8 Å². The molecule has 3 unspecified atom stereocenters. The quantitative estimate of drug-likeness (QED) is 0.407. The van der Waals surface area contributed by atoms with Crippen LogP contribution in [0.3, 0.4) is 0 Å². The van der Waals surface area contributed by atoms with Gasteiger partial charge in [0.25, 0.3) is 0 Å². The third-order valence-corrected chi connectivity index (χ3v) is 4.45. The van der Waals surface area contributed by atoms with E-state index in [2.05, 4.69) is 5.92 Å². The van der Waals surface area contributed by atoms with Gasteiger partial charge in [0.15, 0.2) is 0 Å². The molecule has 0 saturated heterocycles. The molecular weight excluding hydrogens is 311 g/mol. The summed E-state index contributed by atoms with van der Waals surface area (Å²) in [5.74, 6) is -0.0457. The van der Waals surface area contributed by atoms with Crippen LogP contribution in [0.1, 0.15) is 40.0 Å². The Hall–Kier alpha value is -2.09. The summed E-state index contributed by atoms with van der Waals surface area (Å²) in [7, 11) is 0. The van der Waals surface area contributed by atoms with Crippen molar-refractivity contribution in [3.63, 3.8) is 0 Å². The molecule has 0 spiro atoms. The van der Waals surface area contributed by atoms with Crippen molar-refractivity contribution < 1.29 is 23.5 Å². The summed E-state index contributed by atoms with van der Waals surface area (Å²) in [6.07, 6.45) is 10.6. The van der Waals surface area contributed by atoms with Crippen molar-refractivity contribution in [3.8, 4) is 12.3 Å². The predicted octanol–water partition coefficient (Wildman–Crippen LogP) is 3.33. The third kappa shape index (κ3) is 4.25. The number of carbonyl (C=O) groups is 2. The second-order valence-corrected chi connectivity index (χ2v) is 6.80. The summed E-state index contributed by atoms with van der Waals surface area (Å²) >= 11 is 0. The van der Waals surface area contributed by atoms with Gasteiger partial charge < -0.3 is 9.47 Å². The maximum atomic E-state index is 13.7. The van der Waals surface area contributed by atoms with Crippen LogP contribution in [0.15, 0.2) is 24.1 Å². The molecule has 0 N–H and O–H groups in total. The molecule has 24 heavy (non-hydrogen) atoms. The molecule has 0 bridgehead atoms. The van der Waals surface area contributed by atoms with Crippen molar-refractivity contribution in [1.82, 2.24) is 0 Å². The molecule has 0 radical (unpaired) electrons. The minimum Gasteiger partial charge on any atom is -0.459 e. The van der Waals surface area contributed by atoms with E-state index in [0.29, 0.717) is 6.42 Å². The maximum Gasteiger partial charge on any atom is 0.330 e. The van der Waals surface area contributed by atoms with Gasteiger partial charge in [-0.3, -0.25) is 4.79 Å². The van der Waals surface area contributed by atoms with Gasteiger partial charge >= 0.3 is 11.9 Å². The lowest BCUT2D eigenvalue weighted by Gasteiger charge is -2.11. The molecule has 2 aliphatic carbocycles. The minimum atomic E-state index is -1.29.